The Hall–Kier alpha value is -2.45. The van der Waals surface area contributed by atoms with Crippen LogP contribution >= 0.6 is 23.2 Å². The number of hydrogen-bond donors (Lipinski definition) is 2. The van der Waals surface area contributed by atoms with Crippen LogP contribution in [0, 0.1) is 0 Å². The first-order chi connectivity index (χ1) is 14.3. The number of nitrogens with zero attached hydrogens (tertiary/aromatic N) is 1. The monoisotopic (exact) mass is 463 g/mol. The van der Waals surface area contributed by atoms with Crippen molar-refractivity contribution in [3.8, 4) is 0 Å². The predicted octanol–water partition coefficient (Wildman–Crippen LogP) is 3.59. The van der Waals surface area contributed by atoms with E-state index in [0.29, 0.717) is 0 Å². The molecule has 1 atom stereocenters. The molecule has 0 fully saturated rings. The second-order valence-corrected chi connectivity index (χ2v) is 9.04. The van der Waals surface area contributed by atoms with Crippen LogP contribution in [0.3, 0.4) is 0 Å². The van der Waals surface area contributed by atoms with E-state index in [1.54, 1.807) is 24.5 Å². The van der Waals surface area contributed by atoms with Gasteiger partial charge in [0.25, 0.3) is 0 Å². The molecule has 2 N–H and O–H groups in total. The van der Waals surface area contributed by atoms with E-state index < -0.39 is 22.0 Å². The van der Waals surface area contributed by atoms with Crippen LogP contribution < -0.4 is 10.0 Å². The third-order valence-corrected chi connectivity index (χ3v) is 6.48. The van der Waals surface area contributed by atoms with E-state index in [9.17, 15) is 13.2 Å². The third kappa shape index (κ3) is 6.03. The predicted molar refractivity (Wildman–Crippen MR) is 117 cm³/mol. The average molecular weight is 464 g/mol. The van der Waals surface area contributed by atoms with Crippen LogP contribution in [0.4, 0.5) is 0 Å². The van der Waals surface area contributed by atoms with Gasteiger partial charge in [-0.2, -0.15) is 4.72 Å². The lowest BCUT2D eigenvalue weighted by molar-refractivity contribution is -0.122. The molecule has 6 nitrogen and oxygen atoms in total. The van der Waals surface area contributed by atoms with E-state index in [4.69, 9.17) is 23.2 Å². The van der Waals surface area contributed by atoms with Gasteiger partial charge >= 0.3 is 0 Å². The van der Waals surface area contributed by atoms with Crippen LogP contribution in [0.25, 0.3) is 0 Å². The maximum Gasteiger partial charge on any atom is 0.242 e. The van der Waals surface area contributed by atoms with Gasteiger partial charge in [-0.1, -0.05) is 53.5 Å². The molecule has 30 heavy (non-hydrogen) atoms. The lowest BCUT2D eigenvalue weighted by atomic mass is 10.1. The first-order valence-electron chi connectivity index (χ1n) is 9.03. The molecule has 0 aliphatic rings. The van der Waals surface area contributed by atoms with Gasteiger partial charge in [0.2, 0.25) is 15.9 Å². The number of carbonyl (C=O) groups is 1. The molecule has 0 aliphatic carbocycles. The zero-order chi connectivity index (χ0) is 21.6. The molecule has 1 heterocycles. The van der Waals surface area contributed by atoms with E-state index in [-0.39, 0.29) is 27.9 Å². The smallest absolute Gasteiger partial charge is 0.242 e. The molecule has 0 aliphatic heterocycles. The first kappa shape index (κ1) is 22.2. The molecular formula is C21H19Cl2N3O3S. The van der Waals surface area contributed by atoms with Crippen LogP contribution in [0.15, 0.2) is 78.0 Å². The zero-order valence-corrected chi connectivity index (χ0v) is 18.1. The Morgan fingerprint density at radius 3 is 2.37 bits per heavy atom. The van der Waals surface area contributed by atoms with Crippen LogP contribution in [-0.4, -0.2) is 25.4 Å². The molecule has 0 unspecified atom stereocenters. The maximum absolute atomic E-state index is 12.9. The SMILES string of the molecule is O=C(NCc1ccncc1)[C@H](Cc1ccccc1)NS(=O)(=O)c1cc(Cl)ccc1Cl. The Bertz CT molecular complexity index is 1110. The first-order valence-corrected chi connectivity index (χ1v) is 11.3. The summed E-state index contributed by atoms with van der Waals surface area (Å²) < 4.78 is 28.4. The van der Waals surface area contributed by atoms with Crippen molar-refractivity contribution in [3.63, 3.8) is 0 Å². The quantitative estimate of drug-likeness (QED) is 0.534. The molecule has 1 aromatic heterocycles. The number of amides is 1. The van der Waals surface area contributed by atoms with E-state index in [1.165, 1.54) is 18.2 Å². The summed E-state index contributed by atoms with van der Waals surface area (Å²) in [4.78, 5) is 16.6. The van der Waals surface area contributed by atoms with Crippen LogP contribution in [0.2, 0.25) is 10.0 Å². The summed E-state index contributed by atoms with van der Waals surface area (Å²) in [7, 11) is -4.10. The standard InChI is InChI=1S/C21H19Cl2N3O3S/c22-17-6-7-18(23)20(13-17)30(28,29)26-19(12-15-4-2-1-3-5-15)21(27)25-14-16-8-10-24-11-9-16/h1-11,13,19,26H,12,14H2,(H,25,27)/t19-/m0/s1. The minimum atomic E-state index is -4.10. The fourth-order valence-corrected chi connectivity index (χ4v) is 4.74. The average Bonchev–Trinajstić information content (AvgIpc) is 2.74. The normalized spacial score (nSPS) is 12.3. The molecule has 0 saturated heterocycles. The lowest BCUT2D eigenvalue weighted by Crippen LogP contribution is -2.47. The molecule has 0 bridgehead atoms. The summed E-state index contributed by atoms with van der Waals surface area (Å²) in [5.41, 5.74) is 1.65. The highest BCUT2D eigenvalue weighted by Gasteiger charge is 2.27. The molecule has 3 aromatic rings. The van der Waals surface area contributed by atoms with Crippen molar-refractivity contribution < 1.29 is 13.2 Å². The van der Waals surface area contributed by atoms with Gasteiger partial charge in [-0.25, -0.2) is 8.42 Å². The number of halogens is 2. The molecule has 0 spiro atoms. The van der Waals surface area contributed by atoms with Crippen molar-refractivity contribution in [2.75, 3.05) is 0 Å². The highest BCUT2D eigenvalue weighted by molar-refractivity contribution is 7.89. The van der Waals surface area contributed by atoms with Gasteiger partial charge in [0.15, 0.2) is 0 Å². The lowest BCUT2D eigenvalue weighted by Gasteiger charge is -2.19. The van der Waals surface area contributed by atoms with Gasteiger partial charge in [-0.05, 0) is 47.9 Å². The van der Waals surface area contributed by atoms with Crippen molar-refractivity contribution in [1.29, 1.82) is 0 Å². The minimum absolute atomic E-state index is 0.0163. The number of sulfonamides is 1. The zero-order valence-electron chi connectivity index (χ0n) is 15.8. The van der Waals surface area contributed by atoms with E-state index in [1.807, 2.05) is 30.3 Å². The van der Waals surface area contributed by atoms with Gasteiger partial charge < -0.3 is 5.32 Å². The number of aromatic nitrogens is 1. The van der Waals surface area contributed by atoms with Gasteiger partial charge in [-0.15, -0.1) is 0 Å². The van der Waals surface area contributed by atoms with Gasteiger partial charge in [0.1, 0.15) is 10.9 Å². The Morgan fingerprint density at radius 2 is 1.67 bits per heavy atom. The van der Waals surface area contributed by atoms with Crippen molar-refractivity contribution in [2.45, 2.75) is 23.9 Å². The van der Waals surface area contributed by atoms with Gasteiger partial charge in [0.05, 0.1) is 5.02 Å². The van der Waals surface area contributed by atoms with Crippen LogP contribution in [-0.2, 0) is 27.8 Å². The summed E-state index contributed by atoms with van der Waals surface area (Å²) in [5, 5.41) is 3.01. The summed E-state index contributed by atoms with van der Waals surface area (Å²) in [5.74, 6) is -0.461. The molecule has 0 radical (unpaired) electrons. The summed E-state index contributed by atoms with van der Waals surface area (Å²) >= 11 is 12.0. The van der Waals surface area contributed by atoms with E-state index in [2.05, 4.69) is 15.0 Å². The van der Waals surface area contributed by atoms with Crippen molar-refractivity contribution >= 4 is 39.1 Å². The minimum Gasteiger partial charge on any atom is -0.351 e. The van der Waals surface area contributed by atoms with Crippen LogP contribution in [0.5, 0.6) is 0 Å². The fourth-order valence-electron chi connectivity index (χ4n) is 2.78. The topological polar surface area (TPSA) is 88.2 Å². The second kappa shape index (κ2) is 10.0. The number of pyridine rings is 1. The molecule has 0 saturated carbocycles. The molecule has 2 aromatic carbocycles. The Kier molecular flexibility index (Phi) is 7.44. The van der Waals surface area contributed by atoms with E-state index >= 15 is 0 Å². The van der Waals surface area contributed by atoms with Crippen LogP contribution in [0.1, 0.15) is 11.1 Å². The molecular weight excluding hydrogens is 445 g/mol. The number of hydrogen-bond acceptors (Lipinski definition) is 4. The molecule has 156 valence electrons. The number of nitrogens with one attached hydrogen (secondary N) is 2. The number of rotatable bonds is 8. The van der Waals surface area contributed by atoms with Crippen molar-refractivity contribution in [3.05, 3.63) is 94.2 Å². The summed E-state index contributed by atoms with van der Waals surface area (Å²) in [6.07, 6.45) is 3.40. The summed E-state index contributed by atoms with van der Waals surface area (Å²) in [6, 6.07) is 15.8. The van der Waals surface area contributed by atoms with Gasteiger partial charge in [-0.3, -0.25) is 9.78 Å². The Balaban J connectivity index is 1.83. The Labute approximate surface area is 185 Å². The highest BCUT2D eigenvalue weighted by atomic mass is 35.5. The maximum atomic E-state index is 12.9. The fraction of sp³-hybridized carbons (Fsp3) is 0.143. The Morgan fingerprint density at radius 1 is 0.967 bits per heavy atom. The molecule has 9 heteroatoms. The van der Waals surface area contributed by atoms with Crippen molar-refractivity contribution in [2.24, 2.45) is 0 Å². The number of carbonyl (C=O) groups excluding carboxylic acids is 1. The third-order valence-electron chi connectivity index (χ3n) is 4.30. The summed E-state index contributed by atoms with van der Waals surface area (Å²) in [6.45, 7) is 0.242. The highest BCUT2D eigenvalue weighted by Crippen LogP contribution is 2.25. The van der Waals surface area contributed by atoms with Gasteiger partial charge in [0, 0.05) is 24.0 Å². The molecule has 3 rings (SSSR count). The van der Waals surface area contributed by atoms with E-state index in [0.717, 1.165) is 11.1 Å². The largest absolute Gasteiger partial charge is 0.351 e. The number of benzene rings is 2. The van der Waals surface area contributed by atoms with Crippen molar-refractivity contribution in [1.82, 2.24) is 15.0 Å². The molecule has 1 amide bonds. The second-order valence-electron chi connectivity index (χ2n) is 6.51.